The molecular weight excluding hydrogens is 310 g/mol. The number of carbonyl (C=O) groups excluding carboxylic acids is 1. The van der Waals surface area contributed by atoms with E-state index in [-0.39, 0.29) is 12.1 Å². The number of ether oxygens (including phenoxy) is 1. The summed E-state index contributed by atoms with van der Waals surface area (Å²) >= 11 is 1.44. The number of aromatic nitrogens is 1. The molecule has 2 bridgehead atoms. The minimum Gasteiger partial charge on any atom is -0.399 e. The molecule has 0 spiro atoms. The number of hydrogen-bond acceptors (Lipinski definition) is 5. The molecule has 3 aliphatic heterocycles. The van der Waals surface area contributed by atoms with E-state index in [1.54, 1.807) is 6.20 Å². The van der Waals surface area contributed by atoms with Crippen molar-refractivity contribution in [2.24, 2.45) is 5.92 Å². The van der Waals surface area contributed by atoms with Crippen LogP contribution in [0.5, 0.6) is 5.06 Å². The Hall–Kier alpha value is -1.92. The molecule has 1 amide bonds. The summed E-state index contributed by atoms with van der Waals surface area (Å²) in [5.74, 6) is 0.597. The molecule has 0 saturated carbocycles. The van der Waals surface area contributed by atoms with Crippen LogP contribution in [0.25, 0.3) is 10.6 Å². The van der Waals surface area contributed by atoms with Crippen molar-refractivity contribution in [2.45, 2.75) is 18.9 Å². The fourth-order valence-electron chi connectivity index (χ4n) is 3.42. The van der Waals surface area contributed by atoms with E-state index in [1.807, 2.05) is 30.3 Å². The summed E-state index contributed by atoms with van der Waals surface area (Å²) in [4.78, 5) is 19.9. The first-order valence-corrected chi connectivity index (χ1v) is 8.81. The standard InChI is InChI=1S/C17H19N3O2S/c21-17(19-14-11-20-9-6-12(14)7-10-20)22-16-5-4-15(23-16)13-3-1-2-8-18-13/h1-5,8,12,14H,6-7,9-11H2,(H,19,21)/t14-/m1/s1. The average Bonchev–Trinajstić information content (AvgIpc) is 3.05. The van der Waals surface area contributed by atoms with Gasteiger partial charge in [-0.1, -0.05) is 17.4 Å². The highest BCUT2D eigenvalue weighted by atomic mass is 32.1. The fraction of sp³-hybridized carbons (Fsp3) is 0.412. The molecule has 0 aromatic carbocycles. The summed E-state index contributed by atoms with van der Waals surface area (Å²) in [5.41, 5.74) is 0.894. The van der Waals surface area contributed by atoms with Gasteiger partial charge in [-0.15, -0.1) is 0 Å². The second-order valence-electron chi connectivity index (χ2n) is 6.11. The minimum atomic E-state index is -0.349. The lowest BCUT2D eigenvalue weighted by molar-refractivity contribution is 0.0726. The van der Waals surface area contributed by atoms with Crippen molar-refractivity contribution in [3.8, 4) is 15.6 Å². The van der Waals surface area contributed by atoms with E-state index in [1.165, 1.54) is 24.2 Å². The van der Waals surface area contributed by atoms with E-state index in [4.69, 9.17) is 4.74 Å². The van der Waals surface area contributed by atoms with E-state index in [9.17, 15) is 4.79 Å². The van der Waals surface area contributed by atoms with E-state index in [2.05, 4.69) is 15.2 Å². The highest BCUT2D eigenvalue weighted by Crippen LogP contribution is 2.32. The first kappa shape index (κ1) is 14.7. The van der Waals surface area contributed by atoms with Gasteiger partial charge in [-0.3, -0.25) is 4.98 Å². The normalized spacial score (nSPS) is 26.0. The summed E-state index contributed by atoms with van der Waals surface area (Å²) in [6, 6.07) is 9.76. The first-order chi connectivity index (χ1) is 11.3. The molecule has 3 fully saturated rings. The van der Waals surface area contributed by atoms with Crippen LogP contribution in [0, 0.1) is 5.92 Å². The maximum absolute atomic E-state index is 12.1. The lowest BCUT2D eigenvalue weighted by Crippen LogP contribution is -2.57. The largest absolute Gasteiger partial charge is 0.413 e. The van der Waals surface area contributed by atoms with Crippen LogP contribution < -0.4 is 10.1 Å². The maximum atomic E-state index is 12.1. The minimum absolute atomic E-state index is 0.222. The zero-order valence-corrected chi connectivity index (χ0v) is 13.6. The molecule has 2 aromatic heterocycles. The quantitative estimate of drug-likeness (QED) is 0.940. The molecule has 0 unspecified atom stereocenters. The Labute approximate surface area is 139 Å². The highest BCUT2D eigenvalue weighted by Gasteiger charge is 2.35. The van der Waals surface area contributed by atoms with E-state index >= 15 is 0 Å². The number of fused-ring (bicyclic) bond motifs is 3. The predicted octanol–water partition coefficient (Wildman–Crippen LogP) is 2.99. The number of rotatable bonds is 3. The Balaban J connectivity index is 1.37. The molecule has 3 aliphatic rings. The van der Waals surface area contributed by atoms with Gasteiger partial charge in [0.05, 0.1) is 10.6 Å². The fourth-order valence-corrected chi connectivity index (χ4v) is 4.25. The maximum Gasteiger partial charge on any atom is 0.413 e. The molecule has 1 N–H and O–H groups in total. The van der Waals surface area contributed by atoms with Crippen molar-refractivity contribution in [1.82, 2.24) is 15.2 Å². The van der Waals surface area contributed by atoms with Gasteiger partial charge in [-0.2, -0.15) is 0 Å². The van der Waals surface area contributed by atoms with E-state index in [0.29, 0.717) is 11.0 Å². The monoisotopic (exact) mass is 329 g/mol. The number of nitrogens with one attached hydrogen (secondary N) is 1. The van der Waals surface area contributed by atoms with Crippen LogP contribution in [0.15, 0.2) is 36.5 Å². The van der Waals surface area contributed by atoms with Gasteiger partial charge in [0.15, 0.2) is 5.06 Å². The van der Waals surface area contributed by atoms with E-state index < -0.39 is 0 Å². The van der Waals surface area contributed by atoms with Crippen molar-refractivity contribution in [3.63, 3.8) is 0 Å². The molecule has 23 heavy (non-hydrogen) atoms. The summed E-state index contributed by atoms with van der Waals surface area (Å²) in [6.45, 7) is 3.27. The van der Waals surface area contributed by atoms with Crippen LogP contribution in [0.3, 0.4) is 0 Å². The van der Waals surface area contributed by atoms with Crippen LogP contribution >= 0.6 is 11.3 Å². The van der Waals surface area contributed by atoms with Gasteiger partial charge in [0.25, 0.3) is 0 Å². The number of thiophene rings is 1. The number of amides is 1. The Kier molecular flexibility index (Phi) is 4.01. The molecule has 3 saturated heterocycles. The van der Waals surface area contributed by atoms with Crippen LogP contribution in [-0.2, 0) is 0 Å². The lowest BCUT2D eigenvalue weighted by atomic mass is 9.84. The highest BCUT2D eigenvalue weighted by molar-refractivity contribution is 7.17. The van der Waals surface area contributed by atoms with Crippen molar-refractivity contribution in [3.05, 3.63) is 36.5 Å². The van der Waals surface area contributed by atoms with Gasteiger partial charge in [-0.25, -0.2) is 4.79 Å². The third-order valence-corrected chi connectivity index (χ3v) is 5.64. The Bertz CT molecular complexity index is 680. The molecule has 1 atom stereocenters. The molecular formula is C17H19N3O2S. The zero-order valence-electron chi connectivity index (χ0n) is 12.8. The summed E-state index contributed by atoms with van der Waals surface area (Å²) in [7, 11) is 0. The molecule has 5 nitrogen and oxygen atoms in total. The Morgan fingerprint density at radius 1 is 1.26 bits per heavy atom. The van der Waals surface area contributed by atoms with Gasteiger partial charge in [-0.05, 0) is 56.1 Å². The molecule has 5 heterocycles. The summed E-state index contributed by atoms with van der Waals surface area (Å²) < 4.78 is 5.45. The summed E-state index contributed by atoms with van der Waals surface area (Å²) in [6.07, 6.45) is 3.76. The zero-order chi connectivity index (χ0) is 15.6. The predicted molar refractivity (Wildman–Crippen MR) is 89.7 cm³/mol. The van der Waals surface area contributed by atoms with Crippen molar-refractivity contribution >= 4 is 17.4 Å². The smallest absolute Gasteiger partial charge is 0.399 e. The van der Waals surface area contributed by atoms with Crippen molar-refractivity contribution in [2.75, 3.05) is 19.6 Å². The topological polar surface area (TPSA) is 54.5 Å². The van der Waals surface area contributed by atoms with Crippen LogP contribution in [0.2, 0.25) is 0 Å². The Morgan fingerprint density at radius 3 is 2.83 bits per heavy atom. The lowest BCUT2D eigenvalue weighted by Gasteiger charge is -2.44. The van der Waals surface area contributed by atoms with Crippen LogP contribution in [0.1, 0.15) is 12.8 Å². The van der Waals surface area contributed by atoms with Crippen molar-refractivity contribution < 1.29 is 9.53 Å². The number of nitrogens with zero attached hydrogens (tertiary/aromatic N) is 2. The third kappa shape index (κ3) is 3.23. The van der Waals surface area contributed by atoms with E-state index in [0.717, 1.165) is 30.2 Å². The molecule has 0 radical (unpaired) electrons. The number of carbonyl (C=O) groups is 1. The SMILES string of the molecule is O=C(N[C@@H]1CN2CCC1CC2)Oc1ccc(-c2ccccn2)s1. The number of pyridine rings is 1. The van der Waals surface area contributed by atoms with Gasteiger partial charge in [0, 0.05) is 18.8 Å². The second-order valence-corrected chi connectivity index (χ2v) is 7.16. The van der Waals surface area contributed by atoms with Crippen LogP contribution in [-0.4, -0.2) is 41.7 Å². The summed E-state index contributed by atoms with van der Waals surface area (Å²) in [5, 5.41) is 3.64. The second kappa shape index (κ2) is 6.29. The Morgan fingerprint density at radius 2 is 2.13 bits per heavy atom. The number of hydrogen-bond donors (Lipinski definition) is 1. The average molecular weight is 329 g/mol. The van der Waals surface area contributed by atoms with Gasteiger partial charge in [0.1, 0.15) is 0 Å². The van der Waals surface area contributed by atoms with Gasteiger partial charge < -0.3 is 15.0 Å². The third-order valence-electron chi connectivity index (χ3n) is 4.65. The van der Waals surface area contributed by atoms with Crippen LogP contribution in [0.4, 0.5) is 4.79 Å². The first-order valence-electron chi connectivity index (χ1n) is 8.00. The van der Waals surface area contributed by atoms with Gasteiger partial charge >= 0.3 is 6.09 Å². The molecule has 6 heteroatoms. The molecule has 2 aromatic rings. The number of piperidine rings is 3. The van der Waals surface area contributed by atoms with Crippen molar-refractivity contribution in [1.29, 1.82) is 0 Å². The molecule has 120 valence electrons. The molecule has 5 rings (SSSR count). The van der Waals surface area contributed by atoms with Gasteiger partial charge in [0.2, 0.25) is 0 Å². The molecule has 0 aliphatic carbocycles.